The fourth-order valence-electron chi connectivity index (χ4n) is 1.32. The van der Waals surface area contributed by atoms with Crippen LogP contribution in [-0.4, -0.2) is 27.2 Å². The van der Waals surface area contributed by atoms with E-state index in [9.17, 15) is 9.00 Å². The number of carbonyl (C=O) groups excluding carboxylic acids is 1. The molecule has 80 valence electrons. The van der Waals surface area contributed by atoms with Gasteiger partial charge in [0.1, 0.15) is 0 Å². The van der Waals surface area contributed by atoms with Gasteiger partial charge in [0, 0.05) is 12.2 Å². The molecule has 3 nitrogen and oxygen atoms in total. The predicted molar refractivity (Wildman–Crippen MR) is 56.6 cm³/mol. The lowest BCUT2D eigenvalue weighted by Gasteiger charge is -2.29. The molecule has 0 aromatic carbocycles. The van der Waals surface area contributed by atoms with Gasteiger partial charge in [-0.2, -0.15) is 0 Å². The summed E-state index contributed by atoms with van der Waals surface area (Å²) in [5, 5.41) is 0. The minimum absolute atomic E-state index is 0.305. The molecule has 0 amide bonds. The highest BCUT2D eigenvalue weighted by Gasteiger charge is 2.46. The highest BCUT2D eigenvalue weighted by molar-refractivity contribution is 7.89. The zero-order chi connectivity index (χ0) is 10.9. The van der Waals surface area contributed by atoms with Crippen LogP contribution in [0.5, 0.6) is 0 Å². The third kappa shape index (κ3) is 1.86. The Labute approximate surface area is 90.9 Å². The second kappa shape index (κ2) is 4.03. The van der Waals surface area contributed by atoms with Gasteiger partial charge in [-0.15, -0.1) is 0 Å². The van der Waals surface area contributed by atoms with Crippen molar-refractivity contribution in [2.75, 3.05) is 12.9 Å². The quantitative estimate of drug-likeness (QED) is 0.395. The molecule has 0 fully saturated rings. The first-order valence-electron chi connectivity index (χ1n) is 4.23. The first kappa shape index (κ1) is 11.7. The highest BCUT2D eigenvalue weighted by atomic mass is 35.5. The van der Waals surface area contributed by atoms with Crippen LogP contribution in [0, 0.1) is 0 Å². The van der Waals surface area contributed by atoms with Gasteiger partial charge in [0.25, 0.3) is 0 Å². The van der Waals surface area contributed by atoms with Crippen LogP contribution in [0.25, 0.3) is 0 Å². The topological polar surface area (TPSA) is 43.4 Å². The van der Waals surface area contributed by atoms with E-state index in [0.717, 1.165) is 11.1 Å². The molecule has 0 unspecified atom stereocenters. The van der Waals surface area contributed by atoms with Gasteiger partial charge < -0.3 is 4.74 Å². The number of esters is 1. The highest BCUT2D eigenvalue weighted by Crippen LogP contribution is 2.36. The van der Waals surface area contributed by atoms with Gasteiger partial charge in [0.15, 0.2) is 0 Å². The number of hydrogen-bond acceptors (Lipinski definition) is 3. The van der Waals surface area contributed by atoms with Crippen molar-refractivity contribution in [2.24, 2.45) is 0 Å². The Morgan fingerprint density at radius 1 is 1.50 bits per heavy atom. The molecule has 1 heterocycles. The molecule has 0 N–H and O–H groups in total. The van der Waals surface area contributed by atoms with Crippen molar-refractivity contribution in [3.63, 3.8) is 0 Å². The monoisotopic (exact) mass is 236 g/mol. The first-order valence-corrected chi connectivity index (χ1v) is 5.92. The zero-order valence-corrected chi connectivity index (χ0v) is 10.00. The fourth-order valence-corrected chi connectivity index (χ4v) is 3.28. The van der Waals surface area contributed by atoms with Crippen molar-refractivity contribution in [3.05, 3.63) is 11.1 Å². The minimum atomic E-state index is -1.39. The molecule has 0 bridgehead atoms. The van der Waals surface area contributed by atoms with Gasteiger partial charge in [-0.1, -0.05) is 22.7 Å². The molecular formula is C9H13ClO3S. The van der Waals surface area contributed by atoms with E-state index in [1.165, 1.54) is 7.11 Å². The Morgan fingerprint density at radius 3 is 2.57 bits per heavy atom. The fraction of sp³-hybridized carbons (Fsp3) is 0.667. The van der Waals surface area contributed by atoms with Gasteiger partial charge in [-0.25, -0.2) is 4.79 Å². The third-order valence-corrected chi connectivity index (χ3v) is 4.95. The summed E-state index contributed by atoms with van der Waals surface area (Å²) in [6.07, 6.45) is 0.305. The average molecular weight is 237 g/mol. The van der Waals surface area contributed by atoms with Crippen LogP contribution in [-0.2, 0) is 20.3 Å². The Bertz CT molecular complexity index is 324. The van der Waals surface area contributed by atoms with Gasteiger partial charge >= 0.3 is 5.97 Å². The van der Waals surface area contributed by atoms with Crippen molar-refractivity contribution in [1.29, 1.82) is 0 Å². The molecule has 0 aromatic heterocycles. The van der Waals surface area contributed by atoms with Crippen LogP contribution < -0.4 is 0 Å². The molecule has 1 rings (SSSR count). The zero-order valence-electron chi connectivity index (χ0n) is 8.43. The first-order chi connectivity index (χ1) is 6.41. The van der Waals surface area contributed by atoms with Crippen LogP contribution in [0.1, 0.15) is 20.3 Å². The molecule has 0 saturated heterocycles. The largest absolute Gasteiger partial charge is 0.467 e. The van der Waals surface area contributed by atoms with Crippen LogP contribution in [0.3, 0.4) is 0 Å². The number of hydrogen-bond donors (Lipinski definition) is 0. The Hall–Kier alpha value is -0.350. The third-order valence-electron chi connectivity index (χ3n) is 2.42. The van der Waals surface area contributed by atoms with E-state index in [4.69, 9.17) is 11.6 Å². The molecule has 14 heavy (non-hydrogen) atoms. The van der Waals surface area contributed by atoms with E-state index in [2.05, 4.69) is 4.74 Å². The number of halogens is 1. The maximum absolute atomic E-state index is 11.7. The van der Waals surface area contributed by atoms with E-state index >= 15 is 0 Å². The van der Waals surface area contributed by atoms with Crippen LogP contribution in [0.4, 0.5) is 0 Å². The van der Waals surface area contributed by atoms with Crippen molar-refractivity contribution < 1.29 is 13.7 Å². The molecule has 0 radical (unpaired) electrons. The number of carbonyl (C=O) groups is 1. The lowest BCUT2D eigenvalue weighted by molar-refractivity contribution is -0.141. The molecule has 0 spiro atoms. The maximum Gasteiger partial charge on any atom is 0.340 e. The van der Waals surface area contributed by atoms with Crippen molar-refractivity contribution >= 4 is 28.4 Å². The van der Waals surface area contributed by atoms with E-state index in [1.54, 1.807) is 0 Å². The van der Waals surface area contributed by atoms with Crippen LogP contribution in [0.15, 0.2) is 11.1 Å². The number of methoxy groups -OCH3 is 1. The second-order valence-electron chi connectivity index (χ2n) is 3.45. The summed E-state index contributed by atoms with van der Waals surface area (Å²) in [6.45, 7) is 3.80. The summed E-state index contributed by atoms with van der Waals surface area (Å²) in [5.74, 6) is -0.255. The average Bonchev–Trinajstić information content (AvgIpc) is 2.13. The SMILES string of the molecule is COC(=O)[C@]1(Cl)CC(C)=C(C)C[S@]1=O. The smallest absolute Gasteiger partial charge is 0.340 e. The molecule has 1 aliphatic heterocycles. The molecular weight excluding hydrogens is 224 g/mol. The maximum atomic E-state index is 11.7. The molecule has 0 aliphatic carbocycles. The van der Waals surface area contributed by atoms with Gasteiger partial charge in [0.05, 0.1) is 17.9 Å². The summed E-state index contributed by atoms with van der Waals surface area (Å²) in [6, 6.07) is 0. The minimum Gasteiger partial charge on any atom is -0.467 e. The summed E-state index contributed by atoms with van der Waals surface area (Å²) in [7, 11) is -0.137. The molecule has 0 saturated carbocycles. The molecule has 1 aliphatic rings. The van der Waals surface area contributed by atoms with E-state index in [-0.39, 0.29) is 0 Å². The summed E-state index contributed by atoms with van der Waals surface area (Å²) in [4.78, 5) is 11.4. The summed E-state index contributed by atoms with van der Waals surface area (Å²) >= 11 is 6.03. The van der Waals surface area contributed by atoms with Crippen molar-refractivity contribution in [2.45, 2.75) is 24.5 Å². The van der Waals surface area contributed by atoms with E-state index < -0.39 is 21.0 Å². The van der Waals surface area contributed by atoms with Gasteiger partial charge in [-0.3, -0.25) is 4.21 Å². The van der Waals surface area contributed by atoms with Gasteiger partial charge in [-0.05, 0) is 13.8 Å². The summed E-state index contributed by atoms with van der Waals surface area (Å²) in [5.41, 5.74) is 2.06. The number of allylic oxidation sites excluding steroid dienone is 1. The second-order valence-corrected chi connectivity index (χ2v) is 5.99. The lowest BCUT2D eigenvalue weighted by Crippen LogP contribution is -2.42. The van der Waals surface area contributed by atoms with E-state index in [0.29, 0.717) is 12.2 Å². The van der Waals surface area contributed by atoms with Gasteiger partial charge in [0.2, 0.25) is 4.21 Å². The standard InChI is InChI=1S/C9H13ClO3S/c1-6-4-9(10,8(11)13-3)14(12)5-7(6)2/h4-5H2,1-3H3/t9-,14+/m0/s1. The number of alkyl halides is 1. The predicted octanol–water partition coefficient (Wildman–Crippen LogP) is 1.58. The number of ether oxygens (including phenoxy) is 1. The Morgan fingerprint density at radius 2 is 2.07 bits per heavy atom. The number of rotatable bonds is 1. The summed E-state index contributed by atoms with van der Waals surface area (Å²) < 4.78 is 14.9. The van der Waals surface area contributed by atoms with Crippen LogP contribution in [0.2, 0.25) is 0 Å². The van der Waals surface area contributed by atoms with Crippen LogP contribution >= 0.6 is 11.6 Å². The lowest BCUT2D eigenvalue weighted by atomic mass is 10.1. The Kier molecular flexibility index (Phi) is 3.37. The molecule has 5 heteroatoms. The van der Waals surface area contributed by atoms with E-state index in [1.807, 2.05) is 13.8 Å². The molecule has 2 atom stereocenters. The molecule has 0 aromatic rings. The normalized spacial score (nSPS) is 33.0. The van der Waals surface area contributed by atoms with Crippen molar-refractivity contribution in [1.82, 2.24) is 0 Å². The van der Waals surface area contributed by atoms with Crippen molar-refractivity contribution in [3.8, 4) is 0 Å². The Balaban J connectivity index is 3.03.